The molecule has 1 amide bonds. The third-order valence-electron chi connectivity index (χ3n) is 13.7. The Labute approximate surface area is 407 Å². The summed E-state index contributed by atoms with van der Waals surface area (Å²) in [6.07, 6.45) is -10.5. The number of esters is 4. The van der Waals surface area contributed by atoms with E-state index < -0.39 is 135 Å². The van der Waals surface area contributed by atoms with Crippen molar-refractivity contribution in [2.45, 2.75) is 132 Å². The van der Waals surface area contributed by atoms with Crippen molar-refractivity contribution in [3.05, 3.63) is 82.9 Å². The van der Waals surface area contributed by atoms with Crippen LogP contribution >= 0.6 is 34.8 Å². The maximum Gasteiger partial charge on any atom is 0.509 e. The van der Waals surface area contributed by atoms with Crippen molar-refractivity contribution in [1.82, 2.24) is 5.32 Å². The lowest BCUT2D eigenvalue weighted by Gasteiger charge is -2.64. The van der Waals surface area contributed by atoms with E-state index in [1.54, 1.807) is 71.0 Å². The lowest BCUT2D eigenvalue weighted by atomic mass is 9.48. The van der Waals surface area contributed by atoms with Gasteiger partial charge in [-0.25, -0.2) is 19.2 Å². The molecule has 7 rings (SSSR count). The molecule has 11 atom stereocenters. The van der Waals surface area contributed by atoms with Crippen molar-refractivity contribution in [2.75, 3.05) is 13.2 Å². The van der Waals surface area contributed by atoms with Crippen molar-refractivity contribution in [2.24, 2.45) is 22.7 Å². The van der Waals surface area contributed by atoms with Crippen molar-refractivity contribution in [3.8, 4) is 0 Å². The molecule has 20 heteroatoms. The number of ketones is 1. The highest BCUT2D eigenvalue weighted by atomic mass is 35.6. The lowest BCUT2D eigenvalue weighted by Crippen LogP contribution is -2.78. The molecule has 1 aliphatic heterocycles. The van der Waals surface area contributed by atoms with Crippen LogP contribution in [0.3, 0.4) is 0 Å². The number of benzene rings is 2. The predicted octanol–water partition coefficient (Wildman–Crippen LogP) is 7.00. The summed E-state index contributed by atoms with van der Waals surface area (Å²) in [7, 11) is 0. The molecular weight excluding hydrogens is 953 g/mol. The molecule has 1 heterocycles. The van der Waals surface area contributed by atoms with E-state index in [2.05, 4.69) is 5.32 Å². The molecule has 2 aromatic rings. The number of amides is 1. The Kier molecular flexibility index (Phi) is 13.8. The van der Waals surface area contributed by atoms with Crippen LogP contribution < -0.4 is 5.32 Å². The van der Waals surface area contributed by atoms with Gasteiger partial charge in [-0.3, -0.25) is 14.4 Å². The fourth-order valence-corrected chi connectivity index (χ4v) is 11.0. The summed E-state index contributed by atoms with van der Waals surface area (Å²) in [6, 6.07) is 14.3. The summed E-state index contributed by atoms with van der Waals surface area (Å²) >= 11 is 17.5. The molecule has 368 valence electrons. The number of carbonyl (C=O) groups excluding carboxylic acids is 7. The third-order valence-corrected chi connectivity index (χ3v) is 14.1. The number of halogens is 3. The Bertz CT molecular complexity index is 2380. The topological polar surface area (TPSA) is 226 Å². The molecule has 68 heavy (non-hydrogen) atoms. The number of alkyl carbamates (subject to hydrolysis) is 1. The number of aliphatic hydroxyl groups is 1. The number of hydrogen-bond acceptors (Lipinski definition) is 16. The number of carbonyl (C=O) groups is 7. The summed E-state index contributed by atoms with van der Waals surface area (Å²) in [5.41, 5.74) is -7.62. The van der Waals surface area contributed by atoms with Crippen LogP contribution in [0.4, 0.5) is 9.59 Å². The van der Waals surface area contributed by atoms with E-state index in [1.165, 1.54) is 38.1 Å². The quantitative estimate of drug-likeness (QED) is 0.100. The SMILES string of the molecule is CC(=O)O[C@H]1C(=O)C23C[C@H]2CC2OC[C@@]2(OC(C)=O)C3[C@H](OC(=O)c2ccccc2)[C@]2(O)CC(OC(=O)C(OC(=O)OCC(Cl)(Cl)Cl)[C@@H](NC(=O)OC(C)(C)C)c3ccccc3)C(C)=C1C2(C)C. The van der Waals surface area contributed by atoms with Crippen LogP contribution in [0.1, 0.15) is 96.6 Å². The Hall–Kier alpha value is -4.94. The van der Waals surface area contributed by atoms with Crippen molar-refractivity contribution in [3.63, 3.8) is 0 Å². The van der Waals surface area contributed by atoms with Gasteiger partial charge in [0.2, 0.25) is 9.90 Å². The monoisotopic (exact) mass is 1010 g/mol. The molecule has 17 nitrogen and oxygen atoms in total. The number of fused-ring (bicyclic) bond motifs is 4. The average molecular weight is 1010 g/mol. The van der Waals surface area contributed by atoms with Crippen LogP contribution in [0.5, 0.6) is 0 Å². The van der Waals surface area contributed by atoms with Gasteiger partial charge in [-0.2, -0.15) is 0 Å². The molecule has 2 aromatic carbocycles. The van der Waals surface area contributed by atoms with Gasteiger partial charge in [-0.15, -0.1) is 0 Å². The van der Waals surface area contributed by atoms with Gasteiger partial charge in [-0.1, -0.05) is 97.2 Å². The van der Waals surface area contributed by atoms with Gasteiger partial charge < -0.3 is 48.3 Å². The van der Waals surface area contributed by atoms with Gasteiger partial charge in [0.15, 0.2) is 17.5 Å². The van der Waals surface area contributed by atoms with E-state index in [0.29, 0.717) is 0 Å². The fourth-order valence-electron chi connectivity index (χ4n) is 10.8. The molecule has 2 N–H and O–H groups in total. The zero-order chi connectivity index (χ0) is 49.9. The standard InChI is InChI=1S/C48H54Cl3NO16/c1-24-30(64-40(57)35(65-42(59)62-23-48(49,50)51)33(27-15-11-9-12-16-27)52-41(58)68-43(4,5)6)21-47(60)38(66-39(56)28-17-13-10-14-18-28)36-45(37(55)34(63-25(2)53)32(24)44(47,7)8)20-29(45)19-31-46(36,22-61-31)67-26(3)54/h9-18,29-31,33-36,38,60H,19-23H2,1-8H3,(H,52,58)/t29-,30?,31?,33+,34-,35?,36?,38+,45?,46+,47-/m1/s1. The second-order valence-electron chi connectivity index (χ2n) is 19.6. The van der Waals surface area contributed by atoms with Crippen LogP contribution in [0.25, 0.3) is 0 Å². The fraction of sp³-hybridized carbons (Fsp3) is 0.562. The van der Waals surface area contributed by atoms with E-state index >= 15 is 9.59 Å². The number of ether oxygens (including phenoxy) is 8. The highest BCUT2D eigenvalue weighted by molar-refractivity contribution is 6.67. The molecule has 4 aliphatic carbocycles. The molecule has 5 unspecified atom stereocenters. The number of alkyl halides is 3. The van der Waals surface area contributed by atoms with E-state index in [4.69, 9.17) is 72.7 Å². The van der Waals surface area contributed by atoms with Crippen molar-refractivity contribution >= 4 is 76.7 Å². The first-order chi connectivity index (χ1) is 31.6. The van der Waals surface area contributed by atoms with Gasteiger partial charge in [-0.05, 0) is 75.3 Å². The molecule has 1 spiro atoms. The largest absolute Gasteiger partial charge is 0.509 e. The molecule has 5 aliphatic rings. The van der Waals surface area contributed by atoms with Gasteiger partial charge in [0.25, 0.3) is 0 Å². The minimum atomic E-state index is -2.36. The zero-order valence-electron chi connectivity index (χ0n) is 38.6. The number of nitrogens with one attached hydrogen (secondary N) is 1. The summed E-state index contributed by atoms with van der Waals surface area (Å²) in [5.74, 6) is -6.11. The van der Waals surface area contributed by atoms with Gasteiger partial charge in [0, 0.05) is 31.1 Å². The highest BCUT2D eigenvalue weighted by Crippen LogP contribution is 2.74. The molecule has 1 saturated heterocycles. The Morgan fingerprint density at radius 1 is 0.897 bits per heavy atom. The van der Waals surface area contributed by atoms with E-state index in [-0.39, 0.29) is 41.7 Å². The van der Waals surface area contributed by atoms with E-state index in [1.807, 2.05) is 0 Å². The minimum Gasteiger partial charge on any atom is -0.455 e. The number of rotatable bonds is 11. The van der Waals surface area contributed by atoms with Gasteiger partial charge in [0.05, 0.1) is 18.1 Å². The molecule has 4 fully saturated rings. The molecule has 2 bridgehead atoms. The summed E-state index contributed by atoms with van der Waals surface area (Å²) in [5, 5.41) is 16.5. The van der Waals surface area contributed by atoms with E-state index in [9.17, 15) is 29.1 Å². The lowest BCUT2D eigenvalue weighted by molar-refractivity contribution is -0.323. The molecule has 0 aromatic heterocycles. The molecule has 3 saturated carbocycles. The van der Waals surface area contributed by atoms with E-state index in [0.717, 1.165) is 6.92 Å². The predicted molar refractivity (Wildman–Crippen MR) is 240 cm³/mol. The second kappa shape index (κ2) is 18.4. The maximum absolute atomic E-state index is 15.6. The van der Waals surface area contributed by atoms with Crippen LogP contribution in [-0.4, -0.2) is 111 Å². The van der Waals surface area contributed by atoms with Crippen molar-refractivity contribution in [1.29, 1.82) is 0 Å². The first-order valence-electron chi connectivity index (χ1n) is 22.0. The number of hydrogen-bond donors (Lipinski definition) is 2. The Morgan fingerprint density at radius 2 is 1.53 bits per heavy atom. The first kappa shape index (κ1) is 50.9. The Balaban J connectivity index is 1.40. The van der Waals surface area contributed by atoms with Crippen molar-refractivity contribution < 1.29 is 76.6 Å². The molecular formula is C48H54Cl3NO16. The average Bonchev–Trinajstić information content (AvgIpc) is 3.97. The highest BCUT2D eigenvalue weighted by Gasteiger charge is 2.84. The maximum atomic E-state index is 15.6. The molecule has 0 radical (unpaired) electrons. The van der Waals surface area contributed by atoms with Crippen LogP contribution in [0.2, 0.25) is 0 Å². The van der Waals surface area contributed by atoms with Gasteiger partial charge >= 0.3 is 36.1 Å². The van der Waals surface area contributed by atoms with Gasteiger partial charge in [0.1, 0.15) is 42.2 Å². The number of Topliss-reactive ketones (excluding diaryl/α,β-unsaturated/α-hetero) is 1. The summed E-state index contributed by atoms with van der Waals surface area (Å²) < 4.78 is 45.0. The normalized spacial score (nSPS) is 30.9. The Morgan fingerprint density at radius 3 is 2.09 bits per heavy atom. The van der Waals surface area contributed by atoms with Crippen LogP contribution in [-0.2, 0) is 57.1 Å². The van der Waals surface area contributed by atoms with Crippen LogP contribution in [0.15, 0.2) is 71.8 Å². The summed E-state index contributed by atoms with van der Waals surface area (Å²) in [6.45, 7) is 10.8. The minimum absolute atomic E-state index is 0.0445. The van der Waals surface area contributed by atoms with Crippen LogP contribution in [0, 0.1) is 22.7 Å². The third kappa shape index (κ3) is 9.53. The second-order valence-corrected chi connectivity index (χ2v) is 22.1. The smallest absolute Gasteiger partial charge is 0.455 e. The zero-order valence-corrected chi connectivity index (χ0v) is 40.9. The first-order valence-corrected chi connectivity index (χ1v) is 23.2. The summed E-state index contributed by atoms with van der Waals surface area (Å²) in [4.78, 5) is 98.0.